The summed E-state index contributed by atoms with van der Waals surface area (Å²) in [7, 11) is -3.89. The lowest BCUT2D eigenvalue weighted by Gasteiger charge is -2.26. The Hall–Kier alpha value is -2.05. The highest BCUT2D eigenvalue weighted by atomic mass is 35.5. The highest BCUT2D eigenvalue weighted by molar-refractivity contribution is 7.92. The summed E-state index contributed by atoms with van der Waals surface area (Å²) in [4.78, 5) is 12.4. The first-order valence-electron chi connectivity index (χ1n) is 7.85. The van der Waals surface area contributed by atoms with Crippen LogP contribution in [0.25, 0.3) is 0 Å². The standard InChI is InChI=1S/C18H21ClN2O3S/c1-13(2)20-18(22)12-21(17-10-9-15(19)11-14(17)3)25(23,24)16-7-5-4-6-8-16/h4-11,13H,12H2,1-3H3,(H,20,22). The Morgan fingerprint density at radius 1 is 1.16 bits per heavy atom. The largest absolute Gasteiger partial charge is 0.352 e. The van der Waals surface area contributed by atoms with Gasteiger partial charge >= 0.3 is 0 Å². The SMILES string of the molecule is Cc1cc(Cl)ccc1N(CC(=O)NC(C)C)S(=O)(=O)c1ccccc1. The molecule has 2 aromatic rings. The Balaban J connectivity index is 2.50. The molecule has 134 valence electrons. The van der Waals surface area contributed by atoms with Crippen LogP contribution < -0.4 is 9.62 Å². The fourth-order valence-corrected chi connectivity index (χ4v) is 4.15. The Morgan fingerprint density at radius 2 is 1.80 bits per heavy atom. The van der Waals surface area contributed by atoms with Gasteiger partial charge in [-0.2, -0.15) is 0 Å². The van der Waals surface area contributed by atoms with Crippen molar-refractivity contribution in [2.45, 2.75) is 31.7 Å². The zero-order chi connectivity index (χ0) is 18.6. The van der Waals surface area contributed by atoms with E-state index in [1.807, 2.05) is 13.8 Å². The van der Waals surface area contributed by atoms with Gasteiger partial charge in [0.25, 0.3) is 10.0 Å². The first-order chi connectivity index (χ1) is 11.7. The number of sulfonamides is 1. The van der Waals surface area contributed by atoms with Gasteiger partial charge in [0.2, 0.25) is 5.91 Å². The molecule has 5 nitrogen and oxygen atoms in total. The molecule has 0 aliphatic rings. The van der Waals surface area contributed by atoms with Crippen molar-refractivity contribution in [2.75, 3.05) is 10.8 Å². The molecule has 25 heavy (non-hydrogen) atoms. The van der Waals surface area contributed by atoms with Crippen molar-refractivity contribution in [1.82, 2.24) is 5.32 Å². The van der Waals surface area contributed by atoms with Crippen LogP contribution in [0.15, 0.2) is 53.4 Å². The van der Waals surface area contributed by atoms with E-state index in [1.165, 1.54) is 12.1 Å². The van der Waals surface area contributed by atoms with Crippen LogP contribution in [0.4, 0.5) is 5.69 Å². The molecule has 0 atom stereocenters. The van der Waals surface area contributed by atoms with Crippen LogP contribution >= 0.6 is 11.6 Å². The summed E-state index contributed by atoms with van der Waals surface area (Å²) in [6, 6.07) is 12.9. The van der Waals surface area contributed by atoms with Gasteiger partial charge in [-0.1, -0.05) is 29.8 Å². The smallest absolute Gasteiger partial charge is 0.264 e. The first kappa shape index (κ1) is 19.3. The molecule has 0 saturated carbocycles. The summed E-state index contributed by atoms with van der Waals surface area (Å²) in [6.07, 6.45) is 0. The van der Waals surface area contributed by atoms with Crippen LogP contribution in [0.3, 0.4) is 0 Å². The number of nitrogens with one attached hydrogen (secondary N) is 1. The number of carbonyl (C=O) groups is 1. The van der Waals surface area contributed by atoms with Crippen molar-refractivity contribution in [2.24, 2.45) is 0 Å². The molecular formula is C18H21ClN2O3S. The number of hydrogen-bond donors (Lipinski definition) is 1. The molecule has 0 radical (unpaired) electrons. The molecular weight excluding hydrogens is 360 g/mol. The quantitative estimate of drug-likeness (QED) is 0.835. The molecule has 2 rings (SSSR count). The van der Waals surface area contributed by atoms with E-state index in [0.717, 1.165) is 4.31 Å². The zero-order valence-corrected chi connectivity index (χ0v) is 15.9. The van der Waals surface area contributed by atoms with Gasteiger partial charge in [0.05, 0.1) is 10.6 Å². The summed E-state index contributed by atoms with van der Waals surface area (Å²) in [6.45, 7) is 5.09. The van der Waals surface area contributed by atoms with Crippen LogP contribution in [-0.4, -0.2) is 26.9 Å². The minimum Gasteiger partial charge on any atom is -0.352 e. The van der Waals surface area contributed by atoms with Crippen molar-refractivity contribution < 1.29 is 13.2 Å². The zero-order valence-electron chi connectivity index (χ0n) is 14.4. The lowest BCUT2D eigenvalue weighted by molar-refractivity contribution is -0.120. The van der Waals surface area contributed by atoms with Gasteiger partial charge < -0.3 is 5.32 Å². The van der Waals surface area contributed by atoms with E-state index in [9.17, 15) is 13.2 Å². The van der Waals surface area contributed by atoms with Crippen LogP contribution in [0.1, 0.15) is 19.4 Å². The number of carbonyl (C=O) groups excluding carboxylic acids is 1. The van der Waals surface area contributed by atoms with E-state index >= 15 is 0 Å². The summed E-state index contributed by atoms with van der Waals surface area (Å²) in [5.41, 5.74) is 1.09. The summed E-state index contributed by atoms with van der Waals surface area (Å²) >= 11 is 5.98. The maximum Gasteiger partial charge on any atom is 0.264 e. The lowest BCUT2D eigenvalue weighted by Crippen LogP contribution is -2.43. The van der Waals surface area contributed by atoms with Gasteiger partial charge in [-0.15, -0.1) is 0 Å². The third kappa shape index (κ3) is 4.74. The fourth-order valence-electron chi connectivity index (χ4n) is 2.42. The molecule has 0 spiro atoms. The van der Waals surface area contributed by atoms with E-state index in [2.05, 4.69) is 5.32 Å². The maximum atomic E-state index is 13.1. The van der Waals surface area contributed by atoms with Gasteiger partial charge in [-0.25, -0.2) is 8.42 Å². The first-order valence-corrected chi connectivity index (χ1v) is 9.67. The van der Waals surface area contributed by atoms with Gasteiger partial charge in [0, 0.05) is 11.1 Å². The number of halogens is 1. The third-order valence-electron chi connectivity index (χ3n) is 3.50. The van der Waals surface area contributed by atoms with Crippen molar-refractivity contribution >= 4 is 33.2 Å². The molecule has 0 fully saturated rings. The number of hydrogen-bond acceptors (Lipinski definition) is 3. The molecule has 0 aromatic heterocycles. The van der Waals surface area contributed by atoms with Crippen molar-refractivity contribution in [3.05, 3.63) is 59.1 Å². The Labute approximate surface area is 153 Å². The van der Waals surface area contributed by atoms with Crippen LogP contribution in [0.5, 0.6) is 0 Å². The molecule has 1 N–H and O–H groups in total. The van der Waals surface area contributed by atoms with Gasteiger partial charge in [-0.3, -0.25) is 9.10 Å². The van der Waals surface area contributed by atoms with E-state index in [0.29, 0.717) is 16.3 Å². The molecule has 0 unspecified atom stereocenters. The third-order valence-corrected chi connectivity index (χ3v) is 5.50. The molecule has 0 bridgehead atoms. The van der Waals surface area contributed by atoms with E-state index in [1.54, 1.807) is 43.3 Å². The van der Waals surface area contributed by atoms with E-state index in [-0.39, 0.29) is 23.4 Å². The highest BCUT2D eigenvalue weighted by Crippen LogP contribution is 2.28. The average molecular weight is 381 g/mol. The number of benzene rings is 2. The molecule has 7 heteroatoms. The number of nitrogens with zero attached hydrogens (tertiary/aromatic N) is 1. The molecule has 2 aromatic carbocycles. The van der Waals surface area contributed by atoms with Crippen LogP contribution in [-0.2, 0) is 14.8 Å². The van der Waals surface area contributed by atoms with Crippen molar-refractivity contribution in [1.29, 1.82) is 0 Å². The van der Waals surface area contributed by atoms with Gasteiger partial charge in [-0.05, 0) is 56.7 Å². The lowest BCUT2D eigenvalue weighted by atomic mass is 10.2. The van der Waals surface area contributed by atoms with E-state index < -0.39 is 10.0 Å². The topological polar surface area (TPSA) is 66.5 Å². The Kier molecular flexibility index (Phi) is 6.08. The molecule has 1 amide bonds. The monoisotopic (exact) mass is 380 g/mol. The fraction of sp³-hybridized carbons (Fsp3) is 0.278. The highest BCUT2D eigenvalue weighted by Gasteiger charge is 2.28. The minimum absolute atomic E-state index is 0.0832. The van der Waals surface area contributed by atoms with Crippen LogP contribution in [0, 0.1) is 6.92 Å². The second-order valence-corrected chi connectivity index (χ2v) is 8.28. The normalized spacial score (nSPS) is 11.4. The minimum atomic E-state index is -3.89. The number of rotatable bonds is 6. The average Bonchev–Trinajstić information content (AvgIpc) is 2.53. The molecule has 0 heterocycles. The van der Waals surface area contributed by atoms with Gasteiger partial charge in [0.15, 0.2) is 0 Å². The maximum absolute atomic E-state index is 13.1. The second kappa shape index (κ2) is 7.89. The molecule has 0 aliphatic heterocycles. The van der Waals surface area contributed by atoms with E-state index in [4.69, 9.17) is 11.6 Å². The predicted octanol–water partition coefficient (Wildman–Crippen LogP) is 3.37. The van der Waals surface area contributed by atoms with Crippen molar-refractivity contribution in [3.8, 4) is 0 Å². The summed E-state index contributed by atoms with van der Waals surface area (Å²) in [5, 5.41) is 3.23. The van der Waals surface area contributed by atoms with Crippen LogP contribution in [0.2, 0.25) is 5.02 Å². The molecule has 0 aliphatic carbocycles. The predicted molar refractivity (Wildman–Crippen MR) is 100 cm³/mol. The second-order valence-electron chi connectivity index (χ2n) is 5.98. The van der Waals surface area contributed by atoms with Crippen molar-refractivity contribution in [3.63, 3.8) is 0 Å². The number of aryl methyl sites for hydroxylation is 1. The summed E-state index contributed by atoms with van der Waals surface area (Å²) in [5.74, 6) is -0.371. The number of amides is 1. The summed E-state index contributed by atoms with van der Waals surface area (Å²) < 4.78 is 27.3. The Morgan fingerprint density at radius 3 is 2.36 bits per heavy atom. The van der Waals surface area contributed by atoms with Gasteiger partial charge in [0.1, 0.15) is 6.54 Å². The number of anilines is 1. The molecule has 0 saturated heterocycles. The Bertz CT molecular complexity index is 852.